The van der Waals surface area contributed by atoms with Crippen LogP contribution in [-0.4, -0.2) is 4.98 Å². The highest BCUT2D eigenvalue weighted by molar-refractivity contribution is 9.10. The SMILES string of the molecule is Cc1ncsc1C(Cc1ccc(F)cc1Br)NN. The van der Waals surface area contributed by atoms with Gasteiger partial charge in [-0.05, 0) is 31.0 Å². The van der Waals surface area contributed by atoms with Gasteiger partial charge in [-0.15, -0.1) is 11.3 Å². The number of rotatable bonds is 4. The van der Waals surface area contributed by atoms with Crippen molar-refractivity contribution in [2.24, 2.45) is 5.84 Å². The van der Waals surface area contributed by atoms with Crippen LogP contribution in [0.15, 0.2) is 28.2 Å². The summed E-state index contributed by atoms with van der Waals surface area (Å²) in [5.74, 6) is 5.35. The first kappa shape index (κ1) is 13.6. The minimum Gasteiger partial charge on any atom is -0.271 e. The van der Waals surface area contributed by atoms with Crippen molar-refractivity contribution in [3.05, 3.63) is 50.1 Å². The Morgan fingerprint density at radius 3 is 2.89 bits per heavy atom. The number of nitrogens with zero attached hydrogens (tertiary/aromatic N) is 1. The Kier molecular flexibility index (Phi) is 4.45. The monoisotopic (exact) mass is 329 g/mol. The van der Waals surface area contributed by atoms with Gasteiger partial charge in [0, 0.05) is 9.35 Å². The summed E-state index contributed by atoms with van der Waals surface area (Å²) in [5.41, 5.74) is 6.57. The van der Waals surface area contributed by atoms with E-state index in [4.69, 9.17) is 5.84 Å². The van der Waals surface area contributed by atoms with E-state index in [9.17, 15) is 4.39 Å². The standard InChI is InChI=1S/C12H13BrFN3S/c1-7-12(18-6-16-7)11(17-15)4-8-2-3-9(14)5-10(8)13/h2-3,5-6,11,17H,4,15H2,1H3. The van der Waals surface area contributed by atoms with E-state index in [2.05, 4.69) is 26.3 Å². The summed E-state index contributed by atoms with van der Waals surface area (Å²) in [6, 6.07) is 4.66. The second-order valence-electron chi connectivity index (χ2n) is 3.96. The Balaban J connectivity index is 2.23. The van der Waals surface area contributed by atoms with E-state index in [-0.39, 0.29) is 11.9 Å². The Bertz CT molecular complexity index is 544. The van der Waals surface area contributed by atoms with Gasteiger partial charge in [-0.3, -0.25) is 11.3 Å². The molecule has 0 fully saturated rings. The lowest BCUT2D eigenvalue weighted by molar-refractivity contribution is 0.554. The Labute approximate surface area is 117 Å². The number of hydrogen-bond acceptors (Lipinski definition) is 4. The first-order valence-corrected chi connectivity index (χ1v) is 7.09. The van der Waals surface area contributed by atoms with Crippen LogP contribution in [0.25, 0.3) is 0 Å². The first-order chi connectivity index (χ1) is 8.61. The van der Waals surface area contributed by atoms with Crippen LogP contribution in [-0.2, 0) is 6.42 Å². The molecule has 0 saturated carbocycles. The summed E-state index contributed by atoms with van der Waals surface area (Å²) in [5, 5.41) is 0. The number of nitrogens with one attached hydrogen (secondary N) is 1. The molecule has 3 N–H and O–H groups in total. The lowest BCUT2D eigenvalue weighted by atomic mass is 10.0. The minimum absolute atomic E-state index is 0.0146. The van der Waals surface area contributed by atoms with Crippen molar-refractivity contribution in [2.45, 2.75) is 19.4 Å². The number of nitrogens with two attached hydrogens (primary N) is 1. The maximum atomic E-state index is 13.0. The van der Waals surface area contributed by atoms with E-state index in [0.29, 0.717) is 6.42 Å². The fourth-order valence-corrected chi connectivity index (χ4v) is 3.16. The van der Waals surface area contributed by atoms with Crippen molar-refractivity contribution in [1.82, 2.24) is 10.4 Å². The normalized spacial score (nSPS) is 12.7. The maximum absolute atomic E-state index is 13.0. The number of halogens is 2. The summed E-state index contributed by atoms with van der Waals surface area (Å²) in [6.07, 6.45) is 0.681. The molecule has 1 aromatic heterocycles. The minimum atomic E-state index is -0.253. The van der Waals surface area contributed by atoms with Crippen molar-refractivity contribution in [2.75, 3.05) is 0 Å². The third-order valence-electron chi connectivity index (χ3n) is 2.74. The molecule has 1 aromatic carbocycles. The molecule has 0 aliphatic heterocycles. The number of thiazole rings is 1. The molecular weight excluding hydrogens is 317 g/mol. The lowest BCUT2D eigenvalue weighted by Gasteiger charge is -2.16. The molecule has 6 heteroatoms. The zero-order valence-electron chi connectivity index (χ0n) is 9.78. The van der Waals surface area contributed by atoms with Gasteiger partial charge in [0.15, 0.2) is 0 Å². The van der Waals surface area contributed by atoms with Crippen LogP contribution < -0.4 is 11.3 Å². The van der Waals surface area contributed by atoms with Crippen LogP contribution in [0, 0.1) is 12.7 Å². The van der Waals surface area contributed by atoms with Gasteiger partial charge in [-0.25, -0.2) is 9.37 Å². The van der Waals surface area contributed by atoms with Gasteiger partial charge >= 0.3 is 0 Å². The molecule has 2 aromatic rings. The smallest absolute Gasteiger partial charge is 0.124 e. The molecule has 1 heterocycles. The highest BCUT2D eigenvalue weighted by Gasteiger charge is 2.16. The molecule has 1 unspecified atom stereocenters. The van der Waals surface area contributed by atoms with Crippen LogP contribution in [0.4, 0.5) is 4.39 Å². The highest BCUT2D eigenvalue weighted by Crippen LogP contribution is 2.27. The summed E-state index contributed by atoms with van der Waals surface area (Å²) < 4.78 is 13.8. The summed E-state index contributed by atoms with van der Waals surface area (Å²) in [7, 11) is 0. The molecular formula is C12H13BrFN3S. The molecule has 0 amide bonds. The summed E-state index contributed by atoms with van der Waals surface area (Å²) in [6.45, 7) is 1.95. The van der Waals surface area contributed by atoms with Gasteiger partial charge in [-0.2, -0.15) is 0 Å². The van der Waals surface area contributed by atoms with E-state index in [0.717, 1.165) is 20.6 Å². The Hall–Kier alpha value is -0.820. The Morgan fingerprint density at radius 1 is 1.56 bits per heavy atom. The molecule has 3 nitrogen and oxygen atoms in total. The van der Waals surface area contributed by atoms with Crippen molar-refractivity contribution < 1.29 is 4.39 Å². The van der Waals surface area contributed by atoms with Gasteiger partial charge in [0.1, 0.15) is 5.82 Å². The predicted octanol–water partition coefficient (Wildman–Crippen LogP) is 3.10. The van der Waals surface area contributed by atoms with E-state index >= 15 is 0 Å². The fourth-order valence-electron chi connectivity index (χ4n) is 1.78. The average Bonchev–Trinajstić information content (AvgIpc) is 2.75. The van der Waals surface area contributed by atoms with Gasteiger partial charge in [0.05, 0.1) is 17.2 Å². The molecule has 96 valence electrons. The van der Waals surface area contributed by atoms with Crippen molar-refractivity contribution >= 4 is 27.3 Å². The van der Waals surface area contributed by atoms with E-state index in [1.807, 2.05) is 6.92 Å². The van der Waals surface area contributed by atoms with Crippen LogP contribution in [0.2, 0.25) is 0 Å². The van der Waals surface area contributed by atoms with Gasteiger partial charge in [-0.1, -0.05) is 22.0 Å². The molecule has 2 rings (SSSR count). The average molecular weight is 330 g/mol. The molecule has 0 aliphatic carbocycles. The Morgan fingerprint density at radius 2 is 2.33 bits per heavy atom. The van der Waals surface area contributed by atoms with Gasteiger partial charge in [0.2, 0.25) is 0 Å². The molecule has 0 aliphatic rings. The van der Waals surface area contributed by atoms with Crippen molar-refractivity contribution in [3.8, 4) is 0 Å². The summed E-state index contributed by atoms with van der Waals surface area (Å²) >= 11 is 4.93. The lowest BCUT2D eigenvalue weighted by Crippen LogP contribution is -2.29. The molecule has 0 bridgehead atoms. The van der Waals surface area contributed by atoms with E-state index in [1.54, 1.807) is 22.9 Å². The van der Waals surface area contributed by atoms with Crippen LogP contribution >= 0.6 is 27.3 Å². The summed E-state index contributed by atoms with van der Waals surface area (Å²) in [4.78, 5) is 5.32. The third-order valence-corrected chi connectivity index (χ3v) is 4.52. The van der Waals surface area contributed by atoms with Crippen LogP contribution in [0.3, 0.4) is 0 Å². The van der Waals surface area contributed by atoms with Crippen LogP contribution in [0.1, 0.15) is 22.2 Å². The number of hydrogen-bond donors (Lipinski definition) is 2. The topological polar surface area (TPSA) is 50.9 Å². The first-order valence-electron chi connectivity index (χ1n) is 5.42. The number of aromatic nitrogens is 1. The number of aryl methyl sites for hydroxylation is 1. The molecule has 1 atom stereocenters. The second kappa shape index (κ2) is 5.88. The number of benzene rings is 1. The highest BCUT2D eigenvalue weighted by atomic mass is 79.9. The van der Waals surface area contributed by atoms with E-state index < -0.39 is 0 Å². The molecule has 0 radical (unpaired) electrons. The van der Waals surface area contributed by atoms with Crippen molar-refractivity contribution in [1.29, 1.82) is 0 Å². The van der Waals surface area contributed by atoms with Gasteiger partial charge < -0.3 is 0 Å². The quantitative estimate of drug-likeness (QED) is 0.669. The third kappa shape index (κ3) is 2.95. The van der Waals surface area contributed by atoms with E-state index in [1.165, 1.54) is 12.1 Å². The largest absolute Gasteiger partial charge is 0.271 e. The fraction of sp³-hybridized carbons (Fsp3) is 0.250. The zero-order chi connectivity index (χ0) is 13.1. The maximum Gasteiger partial charge on any atom is 0.124 e. The number of hydrazine groups is 1. The van der Waals surface area contributed by atoms with Crippen molar-refractivity contribution in [3.63, 3.8) is 0 Å². The molecule has 18 heavy (non-hydrogen) atoms. The molecule has 0 saturated heterocycles. The zero-order valence-corrected chi connectivity index (χ0v) is 12.2. The predicted molar refractivity (Wildman–Crippen MR) is 74.7 cm³/mol. The van der Waals surface area contributed by atoms with Crippen LogP contribution in [0.5, 0.6) is 0 Å². The second-order valence-corrected chi connectivity index (χ2v) is 5.70. The molecule has 0 spiro atoms. The van der Waals surface area contributed by atoms with Gasteiger partial charge in [0.25, 0.3) is 0 Å².